The monoisotopic (exact) mass is 210 g/mol. The summed E-state index contributed by atoms with van der Waals surface area (Å²) < 4.78 is 13.2. The Balaban J connectivity index is 2.71. The van der Waals surface area contributed by atoms with Gasteiger partial charge in [-0.2, -0.15) is 0 Å². The quantitative estimate of drug-likeness (QED) is 0.751. The summed E-state index contributed by atoms with van der Waals surface area (Å²) in [6.07, 6.45) is 1.09. The smallest absolute Gasteiger partial charge is 0.125 e. The van der Waals surface area contributed by atoms with Crippen LogP contribution in [0.5, 0.6) is 0 Å². The van der Waals surface area contributed by atoms with Gasteiger partial charge in [-0.3, -0.25) is 0 Å². The van der Waals surface area contributed by atoms with Crippen molar-refractivity contribution < 1.29 is 4.39 Å². The lowest BCUT2D eigenvalue weighted by Gasteiger charge is -2.14. The first-order valence-electron chi connectivity index (χ1n) is 5.31. The van der Waals surface area contributed by atoms with E-state index < -0.39 is 0 Å². The lowest BCUT2D eigenvalue weighted by molar-refractivity contribution is 0.619. The summed E-state index contributed by atoms with van der Waals surface area (Å²) in [5.41, 5.74) is 1.90. The maximum absolute atomic E-state index is 13.2. The van der Waals surface area contributed by atoms with Gasteiger partial charge >= 0.3 is 0 Å². The Morgan fingerprint density at radius 3 is 2.60 bits per heavy atom. The molecule has 0 aromatic heterocycles. The van der Waals surface area contributed by atoms with Gasteiger partial charge in [0.15, 0.2) is 0 Å². The molecule has 0 atom stereocenters. The van der Waals surface area contributed by atoms with Crippen molar-refractivity contribution in [2.24, 2.45) is 0 Å². The van der Waals surface area contributed by atoms with Crippen molar-refractivity contribution in [3.05, 3.63) is 29.6 Å². The molecular weight excluding hydrogens is 191 g/mol. The van der Waals surface area contributed by atoms with Crippen LogP contribution in [0.25, 0.3) is 0 Å². The average molecular weight is 210 g/mol. The second-order valence-corrected chi connectivity index (χ2v) is 3.89. The van der Waals surface area contributed by atoms with Gasteiger partial charge in [-0.15, -0.1) is 0 Å². The van der Waals surface area contributed by atoms with Gasteiger partial charge in [-0.1, -0.05) is 6.92 Å². The summed E-state index contributed by atoms with van der Waals surface area (Å²) in [4.78, 5) is 1.91. The van der Waals surface area contributed by atoms with E-state index in [1.54, 1.807) is 12.1 Å². The second kappa shape index (κ2) is 5.71. The largest absolute Gasteiger partial charge is 0.378 e. The first-order chi connectivity index (χ1) is 7.13. The van der Waals surface area contributed by atoms with Crippen LogP contribution in [0.1, 0.15) is 18.9 Å². The molecule has 0 radical (unpaired) electrons. The third-order valence-electron chi connectivity index (χ3n) is 2.21. The highest BCUT2D eigenvalue weighted by molar-refractivity contribution is 5.47. The number of halogens is 1. The van der Waals surface area contributed by atoms with Gasteiger partial charge in [-0.05, 0) is 36.7 Å². The molecule has 0 saturated heterocycles. The maximum atomic E-state index is 13.2. The lowest BCUT2D eigenvalue weighted by Crippen LogP contribution is -2.15. The number of nitrogens with one attached hydrogen (secondary N) is 1. The van der Waals surface area contributed by atoms with Gasteiger partial charge in [-0.25, -0.2) is 4.39 Å². The minimum absolute atomic E-state index is 0.172. The Bertz CT molecular complexity index is 310. The van der Waals surface area contributed by atoms with Crippen LogP contribution < -0.4 is 10.2 Å². The number of anilines is 1. The van der Waals surface area contributed by atoms with E-state index >= 15 is 0 Å². The van der Waals surface area contributed by atoms with Crippen molar-refractivity contribution in [1.29, 1.82) is 0 Å². The summed E-state index contributed by atoms with van der Waals surface area (Å²) in [6.45, 7) is 3.81. The number of hydrogen-bond acceptors (Lipinski definition) is 2. The molecule has 0 unspecified atom stereocenters. The minimum Gasteiger partial charge on any atom is -0.378 e. The van der Waals surface area contributed by atoms with Gasteiger partial charge in [0.1, 0.15) is 5.82 Å². The number of rotatable bonds is 5. The van der Waals surface area contributed by atoms with Crippen molar-refractivity contribution in [3.63, 3.8) is 0 Å². The Hall–Kier alpha value is -1.09. The molecule has 0 aliphatic carbocycles. The Morgan fingerprint density at radius 2 is 2.00 bits per heavy atom. The van der Waals surface area contributed by atoms with Crippen LogP contribution in [0, 0.1) is 5.82 Å². The van der Waals surface area contributed by atoms with Crippen molar-refractivity contribution >= 4 is 5.69 Å². The molecule has 1 rings (SSSR count). The second-order valence-electron chi connectivity index (χ2n) is 3.89. The molecule has 15 heavy (non-hydrogen) atoms. The standard InChI is InChI=1S/C12H19FN2/c1-4-5-14-9-10-6-11(13)8-12(7-10)15(2)3/h6-8,14H,4-5,9H2,1-3H3. The number of nitrogens with zero attached hydrogens (tertiary/aromatic N) is 1. The van der Waals surface area contributed by atoms with Crippen molar-refractivity contribution in [1.82, 2.24) is 5.32 Å². The predicted octanol–water partition coefficient (Wildman–Crippen LogP) is 2.39. The molecule has 0 heterocycles. The van der Waals surface area contributed by atoms with Crippen LogP contribution in [0.2, 0.25) is 0 Å². The van der Waals surface area contributed by atoms with Crippen molar-refractivity contribution in [2.75, 3.05) is 25.5 Å². The molecule has 1 N–H and O–H groups in total. The van der Waals surface area contributed by atoms with E-state index in [4.69, 9.17) is 0 Å². The zero-order valence-corrected chi connectivity index (χ0v) is 9.68. The third-order valence-corrected chi connectivity index (χ3v) is 2.21. The molecule has 0 saturated carbocycles. The average Bonchev–Trinajstić information content (AvgIpc) is 2.17. The Morgan fingerprint density at radius 1 is 1.27 bits per heavy atom. The molecule has 0 fully saturated rings. The van der Waals surface area contributed by atoms with Crippen LogP contribution in [0.4, 0.5) is 10.1 Å². The summed E-state index contributed by atoms with van der Waals surface area (Å²) in [7, 11) is 3.83. The molecule has 0 bridgehead atoms. The molecule has 0 aliphatic heterocycles. The van der Waals surface area contributed by atoms with Gasteiger partial charge in [0, 0.05) is 26.3 Å². The molecule has 1 aromatic rings. The van der Waals surface area contributed by atoms with E-state index in [9.17, 15) is 4.39 Å². The zero-order chi connectivity index (χ0) is 11.3. The molecule has 0 spiro atoms. The van der Waals surface area contributed by atoms with Gasteiger partial charge in [0.25, 0.3) is 0 Å². The summed E-state index contributed by atoms with van der Waals surface area (Å²) in [5.74, 6) is -0.172. The molecule has 84 valence electrons. The zero-order valence-electron chi connectivity index (χ0n) is 9.68. The highest BCUT2D eigenvalue weighted by atomic mass is 19.1. The first-order valence-corrected chi connectivity index (χ1v) is 5.31. The SMILES string of the molecule is CCCNCc1cc(F)cc(N(C)C)c1. The molecular formula is C12H19FN2. The lowest BCUT2D eigenvalue weighted by atomic mass is 10.2. The maximum Gasteiger partial charge on any atom is 0.125 e. The molecule has 2 nitrogen and oxygen atoms in total. The van der Waals surface area contributed by atoms with Gasteiger partial charge < -0.3 is 10.2 Å². The van der Waals surface area contributed by atoms with Crippen LogP contribution in [-0.2, 0) is 6.54 Å². The predicted molar refractivity (Wildman–Crippen MR) is 62.7 cm³/mol. The van der Waals surface area contributed by atoms with Gasteiger partial charge in [0.2, 0.25) is 0 Å². The number of hydrogen-bond donors (Lipinski definition) is 1. The Labute approximate surface area is 91.1 Å². The molecule has 0 amide bonds. The fraction of sp³-hybridized carbons (Fsp3) is 0.500. The van der Waals surface area contributed by atoms with Crippen molar-refractivity contribution in [3.8, 4) is 0 Å². The highest BCUT2D eigenvalue weighted by Crippen LogP contribution is 2.16. The topological polar surface area (TPSA) is 15.3 Å². The molecule has 1 aromatic carbocycles. The van der Waals surface area contributed by atoms with Gasteiger partial charge in [0.05, 0.1) is 0 Å². The minimum atomic E-state index is -0.172. The molecule has 0 aliphatic rings. The summed E-state index contributed by atoms with van der Waals surface area (Å²) in [5, 5.41) is 3.26. The fourth-order valence-corrected chi connectivity index (χ4v) is 1.40. The number of benzene rings is 1. The van der Waals surface area contributed by atoms with Crippen molar-refractivity contribution in [2.45, 2.75) is 19.9 Å². The van der Waals surface area contributed by atoms with Crippen LogP contribution >= 0.6 is 0 Å². The third kappa shape index (κ3) is 3.88. The van der Waals surface area contributed by atoms with Crippen LogP contribution in [0.3, 0.4) is 0 Å². The fourth-order valence-electron chi connectivity index (χ4n) is 1.40. The first kappa shape index (κ1) is 12.0. The highest BCUT2D eigenvalue weighted by Gasteiger charge is 2.01. The van der Waals surface area contributed by atoms with E-state index in [0.29, 0.717) is 0 Å². The van der Waals surface area contributed by atoms with E-state index in [1.807, 2.05) is 25.1 Å². The van der Waals surface area contributed by atoms with Crippen LogP contribution in [-0.4, -0.2) is 20.6 Å². The normalized spacial score (nSPS) is 10.4. The van der Waals surface area contributed by atoms with Crippen LogP contribution in [0.15, 0.2) is 18.2 Å². The van der Waals surface area contributed by atoms with E-state index in [2.05, 4.69) is 12.2 Å². The molecule has 3 heteroatoms. The van der Waals surface area contributed by atoms with E-state index in [1.165, 1.54) is 0 Å². The summed E-state index contributed by atoms with van der Waals surface area (Å²) in [6, 6.07) is 5.13. The summed E-state index contributed by atoms with van der Waals surface area (Å²) >= 11 is 0. The van der Waals surface area contributed by atoms with E-state index in [0.717, 1.165) is 30.8 Å². The Kier molecular flexibility index (Phi) is 4.56. The van der Waals surface area contributed by atoms with E-state index in [-0.39, 0.29) is 5.82 Å².